The van der Waals surface area contributed by atoms with Gasteiger partial charge in [0.2, 0.25) is 0 Å². The predicted molar refractivity (Wildman–Crippen MR) is 95.3 cm³/mol. The number of hydrogen-bond donors (Lipinski definition) is 1. The molecule has 0 bridgehead atoms. The second-order valence-corrected chi connectivity index (χ2v) is 6.09. The van der Waals surface area contributed by atoms with Gasteiger partial charge in [0.05, 0.1) is 5.02 Å². The molecular weight excluding hydrogens is 355 g/mol. The first-order chi connectivity index (χ1) is 11.0. The van der Waals surface area contributed by atoms with Gasteiger partial charge in [0, 0.05) is 23.2 Å². The summed E-state index contributed by atoms with van der Waals surface area (Å²) in [6.45, 7) is 2.38. The zero-order valence-corrected chi connectivity index (χ0v) is 14.4. The molecular formula is C16H12Cl2N2O2S. The highest BCUT2D eigenvalue weighted by Crippen LogP contribution is 2.32. The Morgan fingerprint density at radius 1 is 1.30 bits per heavy atom. The van der Waals surface area contributed by atoms with Crippen LogP contribution in [-0.4, -0.2) is 22.5 Å². The molecule has 0 spiro atoms. The highest BCUT2D eigenvalue weighted by atomic mass is 35.5. The molecule has 1 aromatic heterocycles. The second-order valence-electron chi connectivity index (χ2n) is 4.86. The lowest BCUT2D eigenvalue weighted by atomic mass is 10.2. The summed E-state index contributed by atoms with van der Waals surface area (Å²) in [7, 11) is 0. The zero-order chi connectivity index (χ0) is 16.6. The van der Waals surface area contributed by atoms with Gasteiger partial charge in [-0.15, -0.1) is 0 Å². The molecule has 1 aliphatic heterocycles. The van der Waals surface area contributed by atoms with E-state index in [1.165, 1.54) is 4.90 Å². The van der Waals surface area contributed by atoms with Gasteiger partial charge in [-0.2, -0.15) is 0 Å². The van der Waals surface area contributed by atoms with Crippen molar-refractivity contribution in [2.45, 2.75) is 6.92 Å². The Balaban J connectivity index is 1.91. The summed E-state index contributed by atoms with van der Waals surface area (Å²) in [5.41, 5.74) is 1.08. The van der Waals surface area contributed by atoms with Gasteiger partial charge in [-0.1, -0.05) is 23.2 Å². The zero-order valence-electron chi connectivity index (χ0n) is 12.1. The summed E-state index contributed by atoms with van der Waals surface area (Å²) in [6.07, 6.45) is 1.62. The SMILES string of the molecule is CCN1C(=O)/C(=C/c2ccc(-c3cc(Cl)ccc3Cl)o2)NC1=S. The van der Waals surface area contributed by atoms with Crippen LogP contribution in [0.25, 0.3) is 17.4 Å². The van der Waals surface area contributed by atoms with Crippen molar-refractivity contribution < 1.29 is 9.21 Å². The second kappa shape index (κ2) is 6.35. The standard InChI is InChI=1S/C16H12Cl2N2O2S/c1-2-20-15(21)13(19-16(20)23)8-10-4-6-14(22-10)11-7-9(17)3-5-12(11)18/h3-8H,2H2,1H3,(H,19,23)/b13-8-. The van der Waals surface area contributed by atoms with E-state index in [0.717, 1.165) is 0 Å². The Labute approximate surface area is 148 Å². The number of amides is 1. The highest BCUT2D eigenvalue weighted by Gasteiger charge is 2.29. The average Bonchev–Trinajstić information content (AvgIpc) is 3.07. The fourth-order valence-corrected chi connectivity index (χ4v) is 2.97. The summed E-state index contributed by atoms with van der Waals surface area (Å²) < 4.78 is 5.75. The van der Waals surface area contributed by atoms with E-state index in [1.54, 1.807) is 36.4 Å². The quantitative estimate of drug-likeness (QED) is 0.648. The van der Waals surface area contributed by atoms with Crippen molar-refractivity contribution in [3.63, 3.8) is 0 Å². The molecule has 1 amide bonds. The van der Waals surface area contributed by atoms with Crippen LogP contribution in [0.2, 0.25) is 10.0 Å². The summed E-state index contributed by atoms with van der Waals surface area (Å²) in [5.74, 6) is 0.925. The Bertz CT molecular complexity index is 829. The van der Waals surface area contributed by atoms with Crippen molar-refractivity contribution in [3.05, 3.63) is 51.8 Å². The van der Waals surface area contributed by atoms with E-state index < -0.39 is 0 Å². The third-order valence-electron chi connectivity index (χ3n) is 3.39. The third kappa shape index (κ3) is 3.13. The van der Waals surface area contributed by atoms with E-state index in [-0.39, 0.29) is 5.91 Å². The molecule has 0 aliphatic carbocycles. The number of nitrogens with one attached hydrogen (secondary N) is 1. The minimum Gasteiger partial charge on any atom is -0.457 e. The molecule has 0 unspecified atom stereocenters. The van der Waals surface area contributed by atoms with Crippen LogP contribution in [0.3, 0.4) is 0 Å². The van der Waals surface area contributed by atoms with Crippen LogP contribution in [-0.2, 0) is 4.79 Å². The molecule has 118 valence electrons. The van der Waals surface area contributed by atoms with Gasteiger partial charge in [0.15, 0.2) is 5.11 Å². The monoisotopic (exact) mass is 366 g/mol. The number of carbonyl (C=O) groups is 1. The lowest BCUT2D eigenvalue weighted by Gasteiger charge is -2.08. The fraction of sp³-hybridized carbons (Fsp3) is 0.125. The maximum atomic E-state index is 12.2. The first-order valence-electron chi connectivity index (χ1n) is 6.89. The van der Waals surface area contributed by atoms with Gasteiger partial charge in [-0.25, -0.2) is 0 Å². The molecule has 0 saturated carbocycles. The highest BCUT2D eigenvalue weighted by molar-refractivity contribution is 7.80. The van der Waals surface area contributed by atoms with E-state index in [4.69, 9.17) is 39.8 Å². The summed E-state index contributed by atoms with van der Waals surface area (Å²) >= 11 is 17.3. The molecule has 23 heavy (non-hydrogen) atoms. The van der Waals surface area contributed by atoms with Gasteiger partial charge < -0.3 is 9.73 Å². The number of benzene rings is 1. The average molecular weight is 367 g/mol. The lowest BCUT2D eigenvalue weighted by Crippen LogP contribution is -2.30. The van der Waals surface area contributed by atoms with Gasteiger partial charge in [0.1, 0.15) is 17.2 Å². The number of nitrogens with zero attached hydrogens (tertiary/aromatic N) is 1. The largest absolute Gasteiger partial charge is 0.457 e. The van der Waals surface area contributed by atoms with Crippen LogP contribution >= 0.6 is 35.4 Å². The molecule has 1 aliphatic rings. The molecule has 0 radical (unpaired) electrons. The van der Waals surface area contributed by atoms with E-state index in [1.807, 2.05) is 6.92 Å². The molecule has 0 atom stereocenters. The van der Waals surface area contributed by atoms with Crippen molar-refractivity contribution >= 4 is 52.5 Å². The van der Waals surface area contributed by atoms with Gasteiger partial charge >= 0.3 is 0 Å². The number of thiocarbonyl (C=S) groups is 1. The number of hydrogen-bond acceptors (Lipinski definition) is 3. The first kappa shape index (κ1) is 16.1. The number of likely N-dealkylation sites (N-methyl/N-ethyl adjacent to an activating group) is 1. The van der Waals surface area contributed by atoms with Crippen LogP contribution < -0.4 is 5.32 Å². The van der Waals surface area contributed by atoms with Gasteiger partial charge in [-0.05, 0) is 49.5 Å². The van der Waals surface area contributed by atoms with Crippen LogP contribution in [0.15, 0.2) is 40.4 Å². The molecule has 3 rings (SSSR count). The minimum absolute atomic E-state index is 0.170. The topological polar surface area (TPSA) is 45.5 Å². The molecule has 7 heteroatoms. The van der Waals surface area contributed by atoms with Crippen molar-refractivity contribution in [1.82, 2.24) is 10.2 Å². The summed E-state index contributed by atoms with van der Waals surface area (Å²) in [4.78, 5) is 13.6. The number of carbonyl (C=O) groups excluding carboxylic acids is 1. The van der Waals surface area contributed by atoms with Crippen molar-refractivity contribution in [2.24, 2.45) is 0 Å². The van der Waals surface area contributed by atoms with Gasteiger partial charge in [-0.3, -0.25) is 9.69 Å². The van der Waals surface area contributed by atoms with Crippen LogP contribution in [0.1, 0.15) is 12.7 Å². The summed E-state index contributed by atoms with van der Waals surface area (Å²) in [6, 6.07) is 8.68. The number of halogens is 2. The maximum absolute atomic E-state index is 12.2. The third-order valence-corrected chi connectivity index (χ3v) is 4.27. The molecule has 1 N–H and O–H groups in total. The van der Waals surface area contributed by atoms with E-state index in [0.29, 0.717) is 44.5 Å². The Kier molecular flexibility index (Phi) is 4.43. The Hall–Kier alpha value is -1.82. The molecule has 2 heterocycles. The Morgan fingerprint density at radius 3 is 2.78 bits per heavy atom. The Morgan fingerprint density at radius 2 is 2.09 bits per heavy atom. The van der Waals surface area contributed by atoms with E-state index >= 15 is 0 Å². The molecule has 1 saturated heterocycles. The smallest absolute Gasteiger partial charge is 0.276 e. The fourth-order valence-electron chi connectivity index (χ4n) is 2.26. The first-order valence-corrected chi connectivity index (χ1v) is 8.06. The summed E-state index contributed by atoms with van der Waals surface area (Å²) in [5, 5.41) is 4.39. The molecule has 1 fully saturated rings. The van der Waals surface area contributed by atoms with Crippen molar-refractivity contribution in [3.8, 4) is 11.3 Å². The number of furan rings is 1. The maximum Gasteiger partial charge on any atom is 0.276 e. The van der Waals surface area contributed by atoms with Gasteiger partial charge in [0.25, 0.3) is 5.91 Å². The number of rotatable bonds is 3. The molecule has 4 nitrogen and oxygen atoms in total. The lowest BCUT2D eigenvalue weighted by molar-refractivity contribution is -0.122. The van der Waals surface area contributed by atoms with E-state index in [2.05, 4.69) is 5.32 Å². The van der Waals surface area contributed by atoms with Crippen molar-refractivity contribution in [2.75, 3.05) is 6.54 Å². The van der Waals surface area contributed by atoms with Crippen LogP contribution in [0.5, 0.6) is 0 Å². The molecule has 1 aromatic carbocycles. The molecule has 2 aromatic rings. The van der Waals surface area contributed by atoms with E-state index in [9.17, 15) is 4.79 Å². The van der Waals surface area contributed by atoms with Crippen molar-refractivity contribution in [1.29, 1.82) is 0 Å². The van der Waals surface area contributed by atoms with Crippen LogP contribution in [0, 0.1) is 0 Å². The van der Waals surface area contributed by atoms with Crippen LogP contribution in [0.4, 0.5) is 0 Å². The predicted octanol–water partition coefficient (Wildman–Crippen LogP) is 4.33. The minimum atomic E-state index is -0.170. The normalized spacial score (nSPS) is 16.3.